The number of methoxy groups -OCH3 is 1. The van der Waals surface area contributed by atoms with Gasteiger partial charge in [-0.25, -0.2) is 10.3 Å². The van der Waals surface area contributed by atoms with Crippen LogP contribution in [0.25, 0.3) is 0 Å². The molecule has 0 saturated carbocycles. The average molecular weight is 307 g/mol. The zero-order valence-corrected chi connectivity index (χ0v) is 12.2. The number of anilines is 1. The second kappa shape index (κ2) is 7.52. The van der Waals surface area contributed by atoms with Crippen LogP contribution in [0.4, 0.5) is 10.5 Å². The molecule has 2 rings (SSSR count). The fraction of sp³-hybridized carbons (Fsp3) is 0.133. The molecule has 0 spiro atoms. The van der Waals surface area contributed by atoms with Crippen molar-refractivity contribution in [2.24, 2.45) is 0 Å². The highest BCUT2D eigenvalue weighted by atomic mass is 35.5. The highest BCUT2D eigenvalue weighted by molar-refractivity contribution is 6.31. The van der Waals surface area contributed by atoms with Crippen LogP contribution in [-0.2, 0) is 11.4 Å². The Labute approximate surface area is 127 Å². The zero-order valence-electron chi connectivity index (χ0n) is 11.4. The van der Waals surface area contributed by atoms with Crippen LogP contribution in [0, 0.1) is 0 Å². The summed E-state index contributed by atoms with van der Waals surface area (Å²) in [6.07, 6.45) is 0. The van der Waals surface area contributed by atoms with Gasteiger partial charge in [0.1, 0.15) is 5.75 Å². The summed E-state index contributed by atoms with van der Waals surface area (Å²) in [6, 6.07) is 13.9. The first-order valence-corrected chi connectivity index (χ1v) is 6.63. The van der Waals surface area contributed by atoms with Gasteiger partial charge in [-0.2, -0.15) is 0 Å². The largest absolute Gasteiger partial charge is 0.495 e. The van der Waals surface area contributed by atoms with Crippen molar-refractivity contribution >= 4 is 23.3 Å². The zero-order chi connectivity index (χ0) is 15.1. The highest BCUT2D eigenvalue weighted by Crippen LogP contribution is 2.27. The molecule has 21 heavy (non-hydrogen) atoms. The van der Waals surface area contributed by atoms with Gasteiger partial charge in [0.15, 0.2) is 0 Å². The van der Waals surface area contributed by atoms with E-state index in [-0.39, 0.29) is 6.61 Å². The van der Waals surface area contributed by atoms with Gasteiger partial charge in [0.05, 0.1) is 19.4 Å². The Morgan fingerprint density at radius 1 is 1.19 bits per heavy atom. The molecule has 0 aliphatic rings. The van der Waals surface area contributed by atoms with Crippen molar-refractivity contribution in [1.82, 2.24) is 5.48 Å². The van der Waals surface area contributed by atoms with Gasteiger partial charge in [-0.05, 0) is 23.8 Å². The number of hydroxylamine groups is 1. The van der Waals surface area contributed by atoms with Crippen molar-refractivity contribution in [3.8, 4) is 5.75 Å². The van der Waals surface area contributed by atoms with E-state index in [4.69, 9.17) is 21.2 Å². The molecule has 0 unspecified atom stereocenters. The van der Waals surface area contributed by atoms with Crippen molar-refractivity contribution in [3.05, 3.63) is 59.1 Å². The summed E-state index contributed by atoms with van der Waals surface area (Å²) >= 11 is 5.88. The maximum absolute atomic E-state index is 11.7. The topological polar surface area (TPSA) is 59.6 Å². The first-order chi connectivity index (χ1) is 10.2. The summed E-state index contributed by atoms with van der Waals surface area (Å²) in [4.78, 5) is 16.9. The van der Waals surface area contributed by atoms with Crippen molar-refractivity contribution in [1.29, 1.82) is 0 Å². The summed E-state index contributed by atoms with van der Waals surface area (Å²) in [5.41, 5.74) is 3.72. The monoisotopic (exact) mass is 306 g/mol. The molecule has 5 nitrogen and oxygen atoms in total. The molecule has 2 N–H and O–H groups in total. The molecule has 0 atom stereocenters. The van der Waals surface area contributed by atoms with E-state index < -0.39 is 6.03 Å². The number of hydrogen-bond acceptors (Lipinski definition) is 3. The van der Waals surface area contributed by atoms with E-state index in [1.807, 2.05) is 30.3 Å². The maximum Gasteiger partial charge on any atom is 0.343 e. The molecule has 0 aromatic heterocycles. The lowest BCUT2D eigenvalue weighted by atomic mass is 10.2. The van der Waals surface area contributed by atoms with Crippen molar-refractivity contribution in [2.75, 3.05) is 12.4 Å². The van der Waals surface area contributed by atoms with Crippen molar-refractivity contribution in [2.45, 2.75) is 6.61 Å². The van der Waals surface area contributed by atoms with Gasteiger partial charge in [-0.3, -0.25) is 4.84 Å². The minimum atomic E-state index is -0.508. The van der Waals surface area contributed by atoms with E-state index in [0.717, 1.165) is 5.56 Å². The second-order valence-corrected chi connectivity index (χ2v) is 4.61. The van der Waals surface area contributed by atoms with Crippen molar-refractivity contribution < 1.29 is 14.4 Å². The van der Waals surface area contributed by atoms with Gasteiger partial charge in [0.2, 0.25) is 0 Å². The number of hydrogen-bond donors (Lipinski definition) is 2. The molecular weight excluding hydrogens is 292 g/mol. The van der Waals surface area contributed by atoms with Crippen LogP contribution in [0.2, 0.25) is 5.02 Å². The number of halogens is 1. The number of benzene rings is 2. The number of amides is 2. The lowest BCUT2D eigenvalue weighted by Gasteiger charge is -2.11. The van der Waals surface area contributed by atoms with Gasteiger partial charge in [-0.15, -0.1) is 0 Å². The molecule has 0 radical (unpaired) electrons. The molecule has 2 amide bonds. The first kappa shape index (κ1) is 15.2. The van der Waals surface area contributed by atoms with Crippen LogP contribution in [0.5, 0.6) is 5.75 Å². The van der Waals surface area contributed by atoms with Gasteiger partial charge >= 0.3 is 6.03 Å². The van der Waals surface area contributed by atoms with Crippen molar-refractivity contribution in [3.63, 3.8) is 0 Å². The Morgan fingerprint density at radius 3 is 2.67 bits per heavy atom. The second-order valence-electron chi connectivity index (χ2n) is 4.18. The molecule has 2 aromatic carbocycles. The lowest BCUT2D eigenvalue weighted by Crippen LogP contribution is -2.28. The van der Waals surface area contributed by atoms with E-state index in [2.05, 4.69) is 10.8 Å². The van der Waals surface area contributed by atoms with E-state index in [9.17, 15) is 4.79 Å². The number of carbonyl (C=O) groups is 1. The third-order valence-electron chi connectivity index (χ3n) is 2.66. The molecule has 0 saturated heterocycles. The summed E-state index contributed by atoms with van der Waals surface area (Å²) in [7, 11) is 1.51. The smallest absolute Gasteiger partial charge is 0.343 e. The molecule has 0 aliphatic carbocycles. The Bertz CT molecular complexity index is 605. The molecule has 0 fully saturated rings. The first-order valence-electron chi connectivity index (χ1n) is 6.25. The lowest BCUT2D eigenvalue weighted by molar-refractivity contribution is 0.0535. The third-order valence-corrected chi connectivity index (χ3v) is 2.89. The highest BCUT2D eigenvalue weighted by Gasteiger charge is 2.08. The Morgan fingerprint density at radius 2 is 1.95 bits per heavy atom. The van der Waals surface area contributed by atoms with Crippen LogP contribution < -0.4 is 15.5 Å². The number of ether oxygens (including phenoxy) is 1. The van der Waals surface area contributed by atoms with E-state index >= 15 is 0 Å². The number of carbonyl (C=O) groups excluding carboxylic acids is 1. The molecule has 0 heterocycles. The minimum Gasteiger partial charge on any atom is -0.495 e. The summed E-state index contributed by atoms with van der Waals surface area (Å²) in [5, 5.41) is 3.10. The van der Waals surface area contributed by atoms with Gasteiger partial charge in [0, 0.05) is 5.02 Å². The normalized spacial score (nSPS) is 10.0. The summed E-state index contributed by atoms with van der Waals surface area (Å²) in [6.45, 7) is 0.279. The van der Waals surface area contributed by atoms with Crippen LogP contribution in [-0.4, -0.2) is 13.1 Å². The Hall–Kier alpha value is -2.24. The molecule has 110 valence electrons. The molecule has 0 aliphatic heterocycles. The van der Waals surface area contributed by atoms with Crippen LogP contribution in [0.1, 0.15) is 5.56 Å². The van der Waals surface area contributed by atoms with E-state index in [1.54, 1.807) is 18.2 Å². The maximum atomic E-state index is 11.7. The molecular formula is C15H15ClN2O3. The van der Waals surface area contributed by atoms with Gasteiger partial charge in [-0.1, -0.05) is 41.9 Å². The summed E-state index contributed by atoms with van der Waals surface area (Å²) in [5.74, 6) is 0.512. The number of rotatable bonds is 5. The Kier molecular flexibility index (Phi) is 5.43. The quantitative estimate of drug-likeness (QED) is 0.830. The SMILES string of the molecule is COc1ccc(Cl)cc1NC(=O)NOCc1ccccc1. The van der Waals surface area contributed by atoms with Crippen LogP contribution in [0.15, 0.2) is 48.5 Å². The molecule has 6 heteroatoms. The molecule has 0 bridgehead atoms. The van der Waals surface area contributed by atoms with E-state index in [0.29, 0.717) is 16.5 Å². The Balaban J connectivity index is 1.86. The molecule has 2 aromatic rings. The fourth-order valence-electron chi connectivity index (χ4n) is 1.68. The predicted molar refractivity (Wildman–Crippen MR) is 81.4 cm³/mol. The van der Waals surface area contributed by atoms with Crippen LogP contribution >= 0.6 is 11.6 Å². The predicted octanol–water partition coefficient (Wildman–Crippen LogP) is 3.60. The standard InChI is InChI=1S/C15H15ClN2O3/c1-20-14-8-7-12(16)9-13(14)17-15(19)18-21-10-11-5-3-2-4-6-11/h2-9H,10H2,1H3,(H2,17,18,19). The average Bonchev–Trinajstić information content (AvgIpc) is 2.48. The summed E-state index contributed by atoms with van der Waals surface area (Å²) < 4.78 is 5.13. The van der Waals surface area contributed by atoms with Gasteiger partial charge < -0.3 is 10.1 Å². The fourth-order valence-corrected chi connectivity index (χ4v) is 1.86. The van der Waals surface area contributed by atoms with E-state index in [1.165, 1.54) is 7.11 Å². The van der Waals surface area contributed by atoms with Gasteiger partial charge in [0.25, 0.3) is 0 Å². The number of urea groups is 1. The van der Waals surface area contributed by atoms with Crippen LogP contribution in [0.3, 0.4) is 0 Å². The number of nitrogens with one attached hydrogen (secondary N) is 2. The third kappa shape index (κ3) is 4.66. The minimum absolute atomic E-state index is 0.279.